The van der Waals surface area contributed by atoms with E-state index in [1.807, 2.05) is 30.8 Å². The highest BCUT2D eigenvalue weighted by Gasteiger charge is 2.15. The van der Waals surface area contributed by atoms with E-state index in [9.17, 15) is 0 Å². The van der Waals surface area contributed by atoms with E-state index in [1.165, 1.54) is 0 Å². The Balaban J connectivity index is 1.79. The van der Waals surface area contributed by atoms with Crippen molar-refractivity contribution in [2.75, 3.05) is 13.2 Å². The fraction of sp³-hybridized carbons (Fsp3) is 0.273. The molecule has 0 aliphatic carbocycles. The van der Waals surface area contributed by atoms with Gasteiger partial charge in [-0.1, -0.05) is 24.8 Å². The number of fused-ring (bicyclic) bond motifs is 5. The van der Waals surface area contributed by atoms with Gasteiger partial charge in [-0.15, -0.1) is 5.10 Å². The first kappa shape index (κ1) is 18.1. The molecule has 0 atom stereocenters. The number of aromatic nitrogens is 4. The molecule has 1 aromatic carbocycles. The van der Waals surface area contributed by atoms with Crippen LogP contribution in [0.15, 0.2) is 37.1 Å². The number of hydrogen-bond acceptors (Lipinski definition) is 4. The number of nitrogens with one attached hydrogen (secondary N) is 1. The van der Waals surface area contributed by atoms with Gasteiger partial charge in [-0.05, 0) is 48.3 Å². The molecule has 0 amide bonds. The fourth-order valence-electron chi connectivity index (χ4n) is 3.29. The molecule has 1 aliphatic heterocycles. The third-order valence-electron chi connectivity index (χ3n) is 5.07. The van der Waals surface area contributed by atoms with E-state index in [2.05, 4.69) is 47.0 Å². The Hall–Kier alpha value is -3.28. The lowest BCUT2D eigenvalue weighted by Gasteiger charge is -2.10. The van der Waals surface area contributed by atoms with Gasteiger partial charge >= 0.3 is 0 Å². The zero-order valence-corrected chi connectivity index (χ0v) is 16.5. The molecule has 2 bridgehead atoms. The molecule has 0 saturated heterocycles. The Morgan fingerprint density at radius 1 is 1.11 bits per heavy atom. The molecular weight excluding hydrogens is 352 g/mol. The zero-order valence-electron chi connectivity index (χ0n) is 16.5. The van der Waals surface area contributed by atoms with Crippen molar-refractivity contribution in [2.45, 2.75) is 20.3 Å². The number of ether oxygens (including phenoxy) is 2. The normalized spacial score (nSPS) is 15.5. The SMILES string of the molecule is C=C1/C=C/c2c(nn(C)c2C)OCCCOc2[nH]ncc2-c2ccc(C)c1c2. The quantitative estimate of drug-likeness (QED) is 0.635. The number of H-pyrrole nitrogens is 1. The van der Waals surface area contributed by atoms with Gasteiger partial charge in [0.1, 0.15) is 0 Å². The lowest BCUT2D eigenvalue weighted by atomic mass is 9.96. The number of hydrogen-bond donors (Lipinski definition) is 1. The largest absolute Gasteiger partial charge is 0.477 e. The monoisotopic (exact) mass is 376 g/mol. The van der Waals surface area contributed by atoms with E-state index in [0.29, 0.717) is 25.0 Å². The van der Waals surface area contributed by atoms with E-state index < -0.39 is 0 Å². The zero-order chi connectivity index (χ0) is 19.7. The van der Waals surface area contributed by atoms with E-state index in [1.54, 1.807) is 6.20 Å². The number of aryl methyl sites for hydroxylation is 2. The molecule has 1 N–H and O–H groups in total. The van der Waals surface area contributed by atoms with Gasteiger partial charge in [-0.25, -0.2) is 5.10 Å². The van der Waals surface area contributed by atoms with Gasteiger partial charge in [-0.2, -0.15) is 5.10 Å². The Morgan fingerprint density at radius 2 is 1.93 bits per heavy atom. The summed E-state index contributed by atoms with van der Waals surface area (Å²) >= 11 is 0. The third-order valence-corrected chi connectivity index (χ3v) is 5.07. The van der Waals surface area contributed by atoms with Gasteiger partial charge in [-0.3, -0.25) is 4.68 Å². The van der Waals surface area contributed by atoms with E-state index in [4.69, 9.17) is 9.47 Å². The van der Waals surface area contributed by atoms with Crippen LogP contribution in [0.3, 0.4) is 0 Å². The Labute approximate surface area is 164 Å². The second-order valence-electron chi connectivity index (χ2n) is 6.98. The van der Waals surface area contributed by atoms with Crippen molar-refractivity contribution in [3.63, 3.8) is 0 Å². The first-order chi connectivity index (χ1) is 13.5. The molecule has 6 heteroatoms. The predicted molar refractivity (Wildman–Crippen MR) is 110 cm³/mol. The molecule has 4 rings (SSSR count). The second-order valence-corrected chi connectivity index (χ2v) is 6.98. The van der Waals surface area contributed by atoms with Crippen LogP contribution in [0.25, 0.3) is 22.8 Å². The molecule has 0 fully saturated rings. The highest BCUT2D eigenvalue weighted by Crippen LogP contribution is 2.32. The summed E-state index contributed by atoms with van der Waals surface area (Å²) in [7, 11) is 1.92. The van der Waals surface area contributed by atoms with Crippen molar-refractivity contribution in [1.82, 2.24) is 20.0 Å². The number of rotatable bonds is 0. The molecule has 0 saturated carbocycles. The molecule has 6 nitrogen and oxygen atoms in total. The highest BCUT2D eigenvalue weighted by molar-refractivity contribution is 5.82. The van der Waals surface area contributed by atoms with E-state index in [0.717, 1.165) is 45.5 Å². The van der Waals surface area contributed by atoms with Crippen LogP contribution in [0.1, 0.15) is 28.8 Å². The van der Waals surface area contributed by atoms with Crippen LogP contribution in [0.5, 0.6) is 11.8 Å². The van der Waals surface area contributed by atoms with Gasteiger partial charge in [0, 0.05) is 19.2 Å². The highest BCUT2D eigenvalue weighted by atomic mass is 16.5. The van der Waals surface area contributed by atoms with Gasteiger partial charge in [0.15, 0.2) is 0 Å². The smallest absolute Gasteiger partial charge is 0.240 e. The number of nitrogens with zero attached hydrogens (tertiary/aromatic N) is 3. The van der Waals surface area contributed by atoms with E-state index >= 15 is 0 Å². The summed E-state index contributed by atoms with van der Waals surface area (Å²) in [4.78, 5) is 0. The maximum Gasteiger partial charge on any atom is 0.240 e. The van der Waals surface area contributed by atoms with E-state index in [-0.39, 0.29) is 0 Å². The molecule has 2 aromatic heterocycles. The van der Waals surface area contributed by atoms with Gasteiger partial charge in [0.05, 0.1) is 30.5 Å². The van der Waals surface area contributed by atoms with Crippen molar-refractivity contribution in [2.24, 2.45) is 7.05 Å². The van der Waals surface area contributed by atoms with Crippen LogP contribution in [-0.4, -0.2) is 33.2 Å². The summed E-state index contributed by atoms with van der Waals surface area (Å²) in [5.74, 6) is 1.30. The Kier molecular flexibility index (Phi) is 4.77. The summed E-state index contributed by atoms with van der Waals surface area (Å²) in [6.07, 6.45) is 6.59. The lowest BCUT2D eigenvalue weighted by Crippen LogP contribution is -2.06. The van der Waals surface area contributed by atoms with Crippen LogP contribution in [0.2, 0.25) is 0 Å². The van der Waals surface area contributed by atoms with Crippen LogP contribution < -0.4 is 9.47 Å². The minimum Gasteiger partial charge on any atom is -0.477 e. The van der Waals surface area contributed by atoms with Crippen molar-refractivity contribution in [1.29, 1.82) is 0 Å². The Bertz CT molecular complexity index is 1060. The molecular formula is C22H24N4O2. The molecule has 28 heavy (non-hydrogen) atoms. The van der Waals surface area contributed by atoms with Gasteiger partial charge < -0.3 is 9.47 Å². The van der Waals surface area contributed by atoms with Gasteiger partial charge in [0.25, 0.3) is 0 Å². The molecule has 0 radical (unpaired) electrons. The van der Waals surface area contributed by atoms with Crippen molar-refractivity contribution >= 4 is 11.6 Å². The summed E-state index contributed by atoms with van der Waals surface area (Å²) < 4.78 is 13.7. The fourth-order valence-corrected chi connectivity index (χ4v) is 3.29. The van der Waals surface area contributed by atoms with Crippen LogP contribution in [0, 0.1) is 13.8 Å². The molecule has 144 valence electrons. The maximum absolute atomic E-state index is 5.92. The van der Waals surface area contributed by atoms with Crippen LogP contribution in [-0.2, 0) is 7.05 Å². The summed E-state index contributed by atoms with van der Waals surface area (Å²) in [6.45, 7) is 9.45. The summed E-state index contributed by atoms with van der Waals surface area (Å²) in [6, 6.07) is 6.31. The third kappa shape index (κ3) is 3.33. The van der Waals surface area contributed by atoms with Crippen LogP contribution in [0.4, 0.5) is 0 Å². The van der Waals surface area contributed by atoms with Gasteiger partial charge in [0.2, 0.25) is 11.8 Å². The average Bonchev–Trinajstić information content (AvgIpc) is 3.24. The summed E-state index contributed by atoms with van der Waals surface area (Å²) in [5.41, 5.74) is 7.18. The molecule has 1 aliphatic rings. The summed E-state index contributed by atoms with van der Waals surface area (Å²) in [5, 5.41) is 11.6. The molecule has 0 unspecified atom stereocenters. The topological polar surface area (TPSA) is 65.0 Å². The lowest BCUT2D eigenvalue weighted by molar-refractivity contribution is 0.236. The molecule has 3 aromatic rings. The number of allylic oxidation sites excluding steroid dienone is 2. The van der Waals surface area contributed by atoms with Crippen molar-refractivity contribution in [3.8, 4) is 22.9 Å². The molecule has 3 heterocycles. The first-order valence-electron chi connectivity index (χ1n) is 9.35. The minimum absolute atomic E-state index is 0.522. The average molecular weight is 376 g/mol. The number of aromatic amines is 1. The van der Waals surface area contributed by atoms with Crippen molar-refractivity contribution in [3.05, 3.63) is 59.4 Å². The Morgan fingerprint density at radius 3 is 2.79 bits per heavy atom. The predicted octanol–water partition coefficient (Wildman–Crippen LogP) is 4.31. The van der Waals surface area contributed by atoms with Crippen LogP contribution >= 0.6 is 0 Å². The minimum atomic E-state index is 0.522. The second kappa shape index (κ2) is 7.38. The number of benzene rings is 1. The first-order valence-corrected chi connectivity index (χ1v) is 9.35. The van der Waals surface area contributed by atoms with Crippen molar-refractivity contribution < 1.29 is 9.47 Å². The molecule has 0 spiro atoms. The standard InChI is InChI=1S/C22H24N4O2/c1-14-6-8-17-12-19(14)15(2)7-9-18-16(3)26(4)25-22(18)28-11-5-10-27-21-20(17)13-23-24-21/h6-9,12-13H,2,5,10-11H2,1,3-4H3,(H,23,24)/b9-7+. The maximum atomic E-state index is 5.92.